The molecule has 72 valence electrons. The van der Waals surface area contributed by atoms with Crippen LogP contribution in [-0.2, 0) is 9.47 Å². The molecule has 3 unspecified atom stereocenters. The minimum Gasteiger partial charge on any atom is -0.390 e. The fraction of sp³-hybridized carbons (Fsp3) is 1.00. The summed E-state index contributed by atoms with van der Waals surface area (Å²) in [5.74, 6) is 0. The number of ether oxygens (including phenoxy) is 2. The third-order valence-electron chi connectivity index (χ3n) is 2.28. The van der Waals surface area contributed by atoms with E-state index in [0.29, 0.717) is 0 Å². The van der Waals surface area contributed by atoms with Gasteiger partial charge in [0.25, 0.3) is 0 Å². The average Bonchev–Trinajstić information content (AvgIpc) is 2.56. The highest BCUT2D eigenvalue weighted by atomic mass is 16.7. The zero-order chi connectivity index (χ0) is 9.42. The van der Waals surface area contributed by atoms with Crippen molar-refractivity contribution in [2.45, 2.75) is 30.6 Å². The lowest BCUT2D eigenvalue weighted by atomic mass is 9.99. The number of nitrogens with zero attached hydrogens (tertiary/aromatic N) is 3. The summed E-state index contributed by atoms with van der Waals surface area (Å²) in [5, 5.41) is 22.3. The lowest BCUT2D eigenvalue weighted by molar-refractivity contribution is -0.189. The van der Waals surface area contributed by atoms with Gasteiger partial charge in [-0.05, 0) is 5.53 Å². The van der Waals surface area contributed by atoms with E-state index in [2.05, 4.69) is 10.0 Å². The van der Waals surface area contributed by atoms with Crippen LogP contribution in [0.15, 0.2) is 5.11 Å². The highest BCUT2D eigenvalue weighted by Crippen LogP contribution is 2.29. The van der Waals surface area contributed by atoms with Gasteiger partial charge < -0.3 is 19.7 Å². The molecule has 2 aliphatic rings. The maximum Gasteiger partial charge on any atom is 0.184 e. The Morgan fingerprint density at radius 3 is 2.85 bits per heavy atom. The molecule has 2 heterocycles. The first-order chi connectivity index (χ1) is 6.24. The molecular formula is C6H9N3O4. The molecule has 7 heteroatoms. The summed E-state index contributed by atoms with van der Waals surface area (Å²) in [4.78, 5) is 2.55. The van der Waals surface area contributed by atoms with E-state index >= 15 is 0 Å². The maximum atomic E-state index is 9.53. The van der Waals surface area contributed by atoms with Gasteiger partial charge in [0.15, 0.2) is 6.29 Å². The third kappa shape index (κ3) is 1.27. The van der Waals surface area contributed by atoms with Crippen LogP contribution in [0.5, 0.6) is 0 Å². The molecule has 5 atom stereocenters. The summed E-state index contributed by atoms with van der Waals surface area (Å²) >= 11 is 0. The fourth-order valence-corrected chi connectivity index (χ4v) is 1.58. The van der Waals surface area contributed by atoms with Gasteiger partial charge in [-0.25, -0.2) is 0 Å². The van der Waals surface area contributed by atoms with Gasteiger partial charge >= 0.3 is 0 Å². The van der Waals surface area contributed by atoms with Crippen LogP contribution in [-0.4, -0.2) is 47.5 Å². The van der Waals surface area contributed by atoms with Gasteiger partial charge in [0.1, 0.15) is 12.2 Å². The Balaban J connectivity index is 2.21. The van der Waals surface area contributed by atoms with Crippen molar-refractivity contribution < 1.29 is 19.7 Å². The number of aliphatic hydroxyl groups is 2. The lowest BCUT2D eigenvalue weighted by Gasteiger charge is -2.32. The predicted octanol–water partition coefficient (Wildman–Crippen LogP) is -0.858. The Morgan fingerprint density at radius 1 is 1.38 bits per heavy atom. The van der Waals surface area contributed by atoms with Crippen molar-refractivity contribution in [3.8, 4) is 0 Å². The highest BCUT2D eigenvalue weighted by Gasteiger charge is 2.49. The first-order valence-electron chi connectivity index (χ1n) is 3.91. The van der Waals surface area contributed by atoms with Crippen molar-refractivity contribution in [1.29, 1.82) is 0 Å². The Bertz CT molecular complexity index is 238. The van der Waals surface area contributed by atoms with Gasteiger partial charge in [0, 0.05) is 4.91 Å². The fourth-order valence-electron chi connectivity index (χ4n) is 1.58. The molecule has 0 spiro atoms. The summed E-state index contributed by atoms with van der Waals surface area (Å²) < 4.78 is 10.1. The standard InChI is InChI=1S/C6H9N3O4/c7-9-8-3-4(10)2-1-12-6(13-2)5(3)11/h2-6,10-11H,1H2/t2?,3?,4-,5?,6+/m0/s1. The topological polar surface area (TPSA) is 108 Å². The van der Waals surface area contributed by atoms with Crippen molar-refractivity contribution in [3.63, 3.8) is 0 Å². The van der Waals surface area contributed by atoms with Crippen molar-refractivity contribution in [2.24, 2.45) is 5.11 Å². The van der Waals surface area contributed by atoms with E-state index in [1.165, 1.54) is 0 Å². The molecule has 0 radical (unpaired) electrons. The molecule has 2 fully saturated rings. The number of hydrogen-bond donors (Lipinski definition) is 2. The summed E-state index contributed by atoms with van der Waals surface area (Å²) in [6.45, 7) is 0.223. The molecule has 2 N–H and O–H groups in total. The molecule has 0 aromatic rings. The molecule has 0 saturated carbocycles. The molecule has 2 bridgehead atoms. The molecule has 7 nitrogen and oxygen atoms in total. The van der Waals surface area contributed by atoms with Crippen LogP contribution in [0.1, 0.15) is 0 Å². The summed E-state index contributed by atoms with van der Waals surface area (Å²) in [6, 6.07) is -0.878. The van der Waals surface area contributed by atoms with Crippen LogP contribution in [0.25, 0.3) is 10.4 Å². The summed E-state index contributed by atoms with van der Waals surface area (Å²) in [5.41, 5.74) is 8.20. The zero-order valence-corrected chi connectivity index (χ0v) is 6.65. The van der Waals surface area contributed by atoms with Crippen LogP contribution >= 0.6 is 0 Å². The maximum absolute atomic E-state index is 9.53. The van der Waals surface area contributed by atoms with E-state index in [1.54, 1.807) is 0 Å². The normalized spacial score (nSPS) is 48.6. The van der Waals surface area contributed by atoms with E-state index in [9.17, 15) is 10.2 Å². The van der Waals surface area contributed by atoms with Crippen molar-refractivity contribution in [2.75, 3.05) is 6.61 Å². The van der Waals surface area contributed by atoms with Gasteiger partial charge in [-0.3, -0.25) is 0 Å². The minimum absolute atomic E-state index is 0.223. The molecule has 0 amide bonds. The van der Waals surface area contributed by atoms with Gasteiger partial charge in [0.2, 0.25) is 0 Å². The molecule has 0 aromatic carbocycles. The Labute approximate surface area is 73.5 Å². The second-order valence-corrected chi connectivity index (χ2v) is 3.05. The largest absolute Gasteiger partial charge is 0.390 e. The zero-order valence-electron chi connectivity index (χ0n) is 6.65. The number of azide groups is 1. The Hall–Kier alpha value is -0.850. The molecule has 2 aliphatic heterocycles. The Kier molecular flexibility index (Phi) is 2.10. The Morgan fingerprint density at radius 2 is 2.15 bits per heavy atom. The monoisotopic (exact) mass is 187 g/mol. The second-order valence-electron chi connectivity index (χ2n) is 3.05. The lowest BCUT2D eigenvalue weighted by Crippen LogP contribution is -2.52. The second kappa shape index (κ2) is 3.13. The van der Waals surface area contributed by atoms with E-state index in [-0.39, 0.29) is 6.61 Å². The minimum atomic E-state index is -1.09. The predicted molar refractivity (Wildman–Crippen MR) is 39.6 cm³/mol. The number of hydrogen-bond acceptors (Lipinski definition) is 5. The smallest absolute Gasteiger partial charge is 0.184 e. The third-order valence-corrected chi connectivity index (χ3v) is 2.28. The molecular weight excluding hydrogens is 178 g/mol. The molecule has 0 aliphatic carbocycles. The highest BCUT2D eigenvalue weighted by molar-refractivity contribution is 4.97. The van der Waals surface area contributed by atoms with E-state index in [1.807, 2.05) is 0 Å². The van der Waals surface area contributed by atoms with Gasteiger partial charge in [-0.15, -0.1) is 0 Å². The van der Waals surface area contributed by atoms with E-state index in [4.69, 9.17) is 15.0 Å². The first-order valence-corrected chi connectivity index (χ1v) is 3.91. The van der Waals surface area contributed by atoms with E-state index in [0.717, 1.165) is 0 Å². The van der Waals surface area contributed by atoms with Crippen LogP contribution < -0.4 is 0 Å². The molecule has 0 aromatic heterocycles. The van der Waals surface area contributed by atoms with E-state index < -0.39 is 30.6 Å². The van der Waals surface area contributed by atoms with Crippen molar-refractivity contribution in [3.05, 3.63) is 10.4 Å². The summed E-state index contributed by atoms with van der Waals surface area (Å²) in [6.07, 6.45) is -3.36. The molecule has 2 rings (SSSR count). The first kappa shape index (κ1) is 8.74. The van der Waals surface area contributed by atoms with Crippen molar-refractivity contribution >= 4 is 0 Å². The van der Waals surface area contributed by atoms with Crippen LogP contribution in [0.4, 0.5) is 0 Å². The number of aliphatic hydroxyl groups excluding tert-OH is 2. The van der Waals surface area contributed by atoms with Crippen LogP contribution in [0.3, 0.4) is 0 Å². The molecule has 2 saturated heterocycles. The van der Waals surface area contributed by atoms with Crippen LogP contribution in [0.2, 0.25) is 0 Å². The summed E-state index contributed by atoms with van der Waals surface area (Å²) in [7, 11) is 0. The number of fused-ring (bicyclic) bond motifs is 2. The average molecular weight is 187 g/mol. The SMILES string of the molecule is [N-]=[N+]=NC1C(O)[C@@H]2OCC(O2)[C@@H]1O. The van der Waals surface area contributed by atoms with Gasteiger partial charge in [0.05, 0.1) is 18.8 Å². The van der Waals surface area contributed by atoms with Crippen molar-refractivity contribution in [1.82, 2.24) is 0 Å². The van der Waals surface area contributed by atoms with Crippen LogP contribution in [0, 0.1) is 0 Å². The van der Waals surface area contributed by atoms with Gasteiger partial charge in [-0.1, -0.05) is 5.11 Å². The quantitative estimate of drug-likeness (QED) is 0.316. The van der Waals surface area contributed by atoms with Gasteiger partial charge in [-0.2, -0.15) is 0 Å². The molecule has 13 heavy (non-hydrogen) atoms. The number of rotatable bonds is 1.